The van der Waals surface area contributed by atoms with E-state index in [1.54, 1.807) is 30.3 Å². The summed E-state index contributed by atoms with van der Waals surface area (Å²) in [4.78, 5) is 12.2. The molecule has 0 radical (unpaired) electrons. The Morgan fingerprint density at radius 2 is 1.82 bits per heavy atom. The third kappa shape index (κ3) is 5.21. The highest BCUT2D eigenvalue weighted by Gasteiger charge is 2.32. The molecule has 0 bridgehead atoms. The van der Waals surface area contributed by atoms with Gasteiger partial charge in [0.05, 0.1) is 5.33 Å². The minimum Gasteiger partial charge on any atom is -0.329 e. The number of benzene rings is 1. The van der Waals surface area contributed by atoms with Gasteiger partial charge in [-0.15, -0.1) is 0 Å². The van der Waals surface area contributed by atoms with E-state index in [0.29, 0.717) is 5.56 Å². The smallest absolute Gasteiger partial charge is 0.329 e. The van der Waals surface area contributed by atoms with Gasteiger partial charge in [-0.1, -0.05) is 46.3 Å². The van der Waals surface area contributed by atoms with Crippen molar-refractivity contribution in [3.8, 4) is 0 Å². The van der Waals surface area contributed by atoms with Crippen molar-refractivity contribution in [1.29, 1.82) is 0 Å². The van der Waals surface area contributed by atoms with Crippen molar-refractivity contribution in [2.75, 3.05) is 11.9 Å². The zero-order valence-electron chi connectivity index (χ0n) is 8.88. The van der Waals surface area contributed by atoms with Gasteiger partial charge in [0.25, 0.3) is 0 Å². The fraction of sp³-hybridized carbons (Fsp3) is 0.364. The monoisotopic (exact) mass is 309 g/mol. The van der Waals surface area contributed by atoms with E-state index in [1.807, 2.05) is 0 Å². The molecule has 0 saturated carbocycles. The first-order valence-electron chi connectivity index (χ1n) is 4.87. The maximum atomic E-state index is 12.3. The molecular weight excluding hydrogens is 299 g/mol. The van der Waals surface area contributed by atoms with E-state index in [2.05, 4.69) is 15.9 Å². The summed E-state index contributed by atoms with van der Waals surface area (Å²) in [5, 5.41) is -0.115. The standard InChI is InChI=1S/C11H11BrF3NO/c12-6-10(17)16(8-11(13,14)15)7-9-4-2-1-3-5-9/h1-5H,6-8H2. The van der Waals surface area contributed by atoms with E-state index in [9.17, 15) is 18.0 Å². The Bertz CT molecular complexity index is 367. The summed E-state index contributed by atoms with van der Waals surface area (Å²) in [6, 6.07) is 8.58. The van der Waals surface area contributed by atoms with Gasteiger partial charge in [0.2, 0.25) is 5.91 Å². The number of carbonyl (C=O) groups excluding carboxylic acids is 1. The zero-order valence-corrected chi connectivity index (χ0v) is 10.5. The Balaban J connectivity index is 2.74. The molecule has 0 N–H and O–H groups in total. The molecule has 1 aromatic rings. The van der Waals surface area contributed by atoms with Crippen molar-refractivity contribution < 1.29 is 18.0 Å². The summed E-state index contributed by atoms with van der Waals surface area (Å²) in [6.45, 7) is -1.27. The van der Waals surface area contributed by atoms with Gasteiger partial charge < -0.3 is 4.90 Å². The van der Waals surface area contributed by atoms with Crippen LogP contribution in [0.1, 0.15) is 5.56 Å². The topological polar surface area (TPSA) is 20.3 Å². The summed E-state index contributed by atoms with van der Waals surface area (Å²) in [5.74, 6) is -0.578. The number of halogens is 4. The van der Waals surface area contributed by atoms with Crippen LogP contribution in [0.2, 0.25) is 0 Å². The number of carbonyl (C=O) groups is 1. The van der Waals surface area contributed by atoms with E-state index in [4.69, 9.17) is 0 Å². The highest BCUT2D eigenvalue weighted by molar-refractivity contribution is 9.09. The van der Waals surface area contributed by atoms with Crippen LogP contribution in [0.4, 0.5) is 13.2 Å². The third-order valence-corrected chi connectivity index (χ3v) is 2.53. The second-order valence-corrected chi connectivity index (χ2v) is 4.04. The Morgan fingerprint density at radius 3 is 2.29 bits per heavy atom. The van der Waals surface area contributed by atoms with Crippen molar-refractivity contribution in [3.63, 3.8) is 0 Å². The first-order valence-corrected chi connectivity index (χ1v) is 5.99. The molecule has 1 amide bonds. The summed E-state index contributed by atoms with van der Waals surface area (Å²) < 4.78 is 36.9. The molecule has 1 rings (SSSR count). The molecule has 0 heterocycles. The summed E-state index contributed by atoms with van der Waals surface area (Å²) >= 11 is 2.88. The molecule has 0 aliphatic heterocycles. The lowest BCUT2D eigenvalue weighted by Gasteiger charge is -2.23. The minimum atomic E-state index is -4.38. The van der Waals surface area contributed by atoms with Gasteiger partial charge in [-0.2, -0.15) is 13.2 Å². The molecule has 0 aliphatic carbocycles. The number of alkyl halides is 4. The normalized spacial score (nSPS) is 11.3. The maximum Gasteiger partial charge on any atom is 0.406 e. The van der Waals surface area contributed by atoms with E-state index >= 15 is 0 Å². The molecule has 0 atom stereocenters. The van der Waals surface area contributed by atoms with E-state index in [-0.39, 0.29) is 11.9 Å². The predicted octanol–water partition coefficient (Wildman–Crippen LogP) is 2.97. The lowest BCUT2D eigenvalue weighted by molar-refractivity contribution is -0.160. The van der Waals surface area contributed by atoms with Crippen LogP contribution in [0, 0.1) is 0 Å². The molecular formula is C11H11BrF3NO. The number of hydrogen-bond acceptors (Lipinski definition) is 1. The van der Waals surface area contributed by atoms with E-state index in [1.165, 1.54) is 0 Å². The molecule has 94 valence electrons. The molecule has 0 unspecified atom stereocenters. The molecule has 0 fully saturated rings. The van der Waals surface area contributed by atoms with Gasteiger partial charge in [0.15, 0.2) is 0 Å². The fourth-order valence-electron chi connectivity index (χ4n) is 1.34. The Morgan fingerprint density at radius 1 is 1.24 bits per heavy atom. The van der Waals surface area contributed by atoms with Crippen LogP contribution < -0.4 is 0 Å². The fourth-order valence-corrected chi connectivity index (χ4v) is 1.69. The predicted molar refractivity (Wildman–Crippen MR) is 61.7 cm³/mol. The highest BCUT2D eigenvalue weighted by atomic mass is 79.9. The highest BCUT2D eigenvalue weighted by Crippen LogP contribution is 2.18. The lowest BCUT2D eigenvalue weighted by Crippen LogP contribution is -2.39. The van der Waals surface area contributed by atoms with Crippen LogP contribution >= 0.6 is 15.9 Å². The number of rotatable bonds is 4. The van der Waals surface area contributed by atoms with Crippen LogP contribution in [0.3, 0.4) is 0 Å². The first kappa shape index (κ1) is 14.0. The minimum absolute atomic E-state index is 0.0369. The Labute approximate surface area is 106 Å². The van der Waals surface area contributed by atoms with Crippen LogP contribution in [-0.2, 0) is 11.3 Å². The van der Waals surface area contributed by atoms with Crippen molar-refractivity contribution >= 4 is 21.8 Å². The van der Waals surface area contributed by atoms with Gasteiger partial charge in [-0.3, -0.25) is 4.79 Å². The van der Waals surface area contributed by atoms with Crippen molar-refractivity contribution in [2.24, 2.45) is 0 Å². The number of nitrogens with zero attached hydrogens (tertiary/aromatic N) is 1. The molecule has 0 aliphatic rings. The van der Waals surface area contributed by atoms with Crippen molar-refractivity contribution in [3.05, 3.63) is 35.9 Å². The largest absolute Gasteiger partial charge is 0.406 e. The lowest BCUT2D eigenvalue weighted by atomic mass is 10.2. The molecule has 0 aromatic heterocycles. The average Bonchev–Trinajstić information content (AvgIpc) is 2.27. The SMILES string of the molecule is O=C(CBr)N(Cc1ccccc1)CC(F)(F)F. The van der Waals surface area contributed by atoms with E-state index in [0.717, 1.165) is 4.90 Å². The molecule has 0 saturated heterocycles. The maximum absolute atomic E-state index is 12.3. The van der Waals surface area contributed by atoms with Crippen LogP contribution in [0.15, 0.2) is 30.3 Å². The quantitative estimate of drug-likeness (QED) is 0.783. The van der Waals surface area contributed by atoms with Crippen molar-refractivity contribution in [2.45, 2.75) is 12.7 Å². The van der Waals surface area contributed by atoms with Gasteiger partial charge in [0, 0.05) is 6.54 Å². The average molecular weight is 310 g/mol. The van der Waals surface area contributed by atoms with Gasteiger partial charge in [0.1, 0.15) is 6.54 Å². The van der Waals surface area contributed by atoms with Gasteiger partial charge in [-0.05, 0) is 5.56 Å². The van der Waals surface area contributed by atoms with Crippen LogP contribution in [0.5, 0.6) is 0 Å². The Hall–Kier alpha value is -1.04. The summed E-state index contributed by atoms with van der Waals surface area (Å²) in [6.07, 6.45) is -4.38. The van der Waals surface area contributed by atoms with E-state index < -0.39 is 18.6 Å². The number of hydrogen-bond donors (Lipinski definition) is 0. The molecule has 6 heteroatoms. The summed E-state index contributed by atoms with van der Waals surface area (Å²) in [5.41, 5.74) is 0.672. The molecule has 0 spiro atoms. The Kier molecular flexibility index (Phi) is 4.99. The molecule has 1 aromatic carbocycles. The van der Waals surface area contributed by atoms with Crippen molar-refractivity contribution in [1.82, 2.24) is 4.90 Å². The van der Waals surface area contributed by atoms with Crippen LogP contribution in [-0.4, -0.2) is 28.9 Å². The molecule has 17 heavy (non-hydrogen) atoms. The van der Waals surface area contributed by atoms with Gasteiger partial charge in [-0.25, -0.2) is 0 Å². The third-order valence-electron chi connectivity index (χ3n) is 2.05. The second-order valence-electron chi connectivity index (χ2n) is 3.48. The molecule has 2 nitrogen and oxygen atoms in total. The second kappa shape index (κ2) is 6.05. The summed E-state index contributed by atoms with van der Waals surface area (Å²) in [7, 11) is 0. The van der Waals surface area contributed by atoms with Gasteiger partial charge >= 0.3 is 6.18 Å². The van der Waals surface area contributed by atoms with Crippen LogP contribution in [0.25, 0.3) is 0 Å². The first-order chi connectivity index (χ1) is 7.92. The zero-order chi connectivity index (χ0) is 12.9. The number of amides is 1.